The zero-order chi connectivity index (χ0) is 18.2. The monoisotopic (exact) mass is 535 g/mol. The number of carbonyl (C=O) groups is 1. The van der Waals surface area contributed by atoms with Gasteiger partial charge in [-0.05, 0) is 24.1 Å². The summed E-state index contributed by atoms with van der Waals surface area (Å²) in [6, 6.07) is 9.10. The van der Waals surface area contributed by atoms with E-state index in [0.717, 1.165) is 24.1 Å². The van der Waals surface area contributed by atoms with Gasteiger partial charge in [-0.2, -0.15) is 0 Å². The Hall–Kier alpha value is -2.57. The van der Waals surface area contributed by atoms with Gasteiger partial charge in [-0.1, -0.05) is 24.6 Å². The maximum atomic E-state index is 13.4. The summed E-state index contributed by atoms with van der Waals surface area (Å²) in [5, 5.41) is 8.32. The third-order valence-corrected chi connectivity index (χ3v) is 3.08. The van der Waals surface area contributed by atoms with Crippen LogP contribution < -0.4 is 0 Å². The van der Waals surface area contributed by atoms with Gasteiger partial charge in [-0.3, -0.25) is 18.7 Å². The molecule has 0 saturated carbocycles. The van der Waals surface area contributed by atoms with E-state index in [9.17, 15) is 13.6 Å². The number of pyridine rings is 1. The standard InChI is InChI=1S/C12H9F2N2.C6H5NO2.Ir/c1-2-8-6-15-12(16-7-8)10-4-3-9(13)5-11(10)14;8-6(9)5-3-1-2-4-7-5;/h3,5-7H,2H2,1H3;1-4H,(H,8,9);/q-1;;. The number of benzene rings is 1. The zero-order valence-electron chi connectivity index (χ0n) is 13.6. The summed E-state index contributed by atoms with van der Waals surface area (Å²) in [6.45, 7) is 1.98. The minimum Gasteiger partial charge on any atom is -0.477 e. The second-order valence-electron chi connectivity index (χ2n) is 4.83. The molecule has 0 atom stereocenters. The van der Waals surface area contributed by atoms with Gasteiger partial charge in [0.1, 0.15) is 5.69 Å². The number of aromatic nitrogens is 3. The molecule has 0 bridgehead atoms. The summed E-state index contributed by atoms with van der Waals surface area (Å²) in [5.41, 5.74) is 1.13. The van der Waals surface area contributed by atoms with E-state index in [4.69, 9.17) is 5.11 Å². The maximum Gasteiger partial charge on any atom is 0.354 e. The SMILES string of the molecule is CCc1cnc(-c2[c-]cc(F)cc2F)nc1.O=C(O)c1ccccn1.[Ir]. The van der Waals surface area contributed by atoms with Crippen LogP contribution in [0.3, 0.4) is 0 Å². The fourth-order valence-electron chi connectivity index (χ4n) is 1.77. The number of carboxylic acid groups (broad SMARTS) is 1. The van der Waals surface area contributed by atoms with E-state index >= 15 is 0 Å². The fourth-order valence-corrected chi connectivity index (χ4v) is 1.77. The Labute approximate surface area is 162 Å². The average Bonchev–Trinajstić information content (AvgIpc) is 2.63. The number of carboxylic acids is 1. The van der Waals surface area contributed by atoms with Crippen LogP contribution in [0.5, 0.6) is 0 Å². The summed E-state index contributed by atoms with van der Waals surface area (Å²) in [6.07, 6.45) is 5.51. The van der Waals surface area contributed by atoms with E-state index < -0.39 is 17.6 Å². The van der Waals surface area contributed by atoms with E-state index in [0.29, 0.717) is 0 Å². The first kappa shape index (κ1) is 21.5. The van der Waals surface area contributed by atoms with Crippen molar-refractivity contribution < 1.29 is 38.8 Å². The number of halogens is 2. The molecule has 2 heterocycles. The van der Waals surface area contributed by atoms with E-state index in [1.165, 1.54) is 12.3 Å². The van der Waals surface area contributed by atoms with Crippen molar-refractivity contribution in [3.63, 3.8) is 0 Å². The smallest absolute Gasteiger partial charge is 0.354 e. The molecular weight excluding hydrogens is 520 g/mol. The van der Waals surface area contributed by atoms with Crippen LogP contribution in [-0.2, 0) is 26.5 Å². The normalized spacial score (nSPS) is 9.50. The number of aryl methyl sites for hydroxylation is 1. The Bertz CT molecular complexity index is 847. The molecule has 0 aliphatic rings. The number of hydrogen-bond acceptors (Lipinski definition) is 4. The van der Waals surface area contributed by atoms with Crippen molar-refractivity contribution in [1.82, 2.24) is 15.0 Å². The van der Waals surface area contributed by atoms with Gasteiger partial charge < -0.3 is 5.11 Å². The summed E-state index contributed by atoms with van der Waals surface area (Å²) in [7, 11) is 0. The Kier molecular flexibility index (Phi) is 8.61. The molecule has 8 heteroatoms. The maximum absolute atomic E-state index is 13.4. The van der Waals surface area contributed by atoms with Crippen molar-refractivity contribution in [2.75, 3.05) is 0 Å². The second-order valence-corrected chi connectivity index (χ2v) is 4.83. The Morgan fingerprint density at radius 3 is 2.35 bits per heavy atom. The van der Waals surface area contributed by atoms with Crippen LogP contribution in [0, 0.1) is 17.7 Å². The minimum atomic E-state index is -0.990. The first-order chi connectivity index (χ1) is 12.0. The van der Waals surface area contributed by atoms with Crippen LogP contribution in [0.2, 0.25) is 0 Å². The molecule has 1 N–H and O–H groups in total. The molecule has 5 nitrogen and oxygen atoms in total. The first-order valence-electron chi connectivity index (χ1n) is 7.33. The molecule has 3 rings (SSSR count). The van der Waals surface area contributed by atoms with Crippen molar-refractivity contribution in [3.05, 3.63) is 77.9 Å². The molecule has 0 aliphatic carbocycles. The molecule has 0 aliphatic heterocycles. The predicted molar refractivity (Wildman–Crippen MR) is 86.8 cm³/mol. The molecule has 0 unspecified atom stereocenters. The van der Waals surface area contributed by atoms with Gasteiger partial charge in [-0.25, -0.2) is 9.78 Å². The average molecular weight is 535 g/mol. The third kappa shape index (κ3) is 6.06. The van der Waals surface area contributed by atoms with Gasteiger partial charge in [0, 0.05) is 50.3 Å². The summed E-state index contributed by atoms with van der Waals surface area (Å²) in [5.74, 6) is -2.14. The van der Waals surface area contributed by atoms with Gasteiger partial charge >= 0.3 is 5.97 Å². The fraction of sp³-hybridized carbons (Fsp3) is 0.111. The topological polar surface area (TPSA) is 76.0 Å². The van der Waals surface area contributed by atoms with Gasteiger partial charge in [-0.15, -0.1) is 12.1 Å². The molecular formula is C18H14F2IrN3O2-. The van der Waals surface area contributed by atoms with Crippen molar-refractivity contribution in [2.24, 2.45) is 0 Å². The molecule has 1 radical (unpaired) electrons. The number of hydrogen-bond donors (Lipinski definition) is 1. The van der Waals surface area contributed by atoms with Crippen LogP contribution in [-0.4, -0.2) is 26.0 Å². The third-order valence-electron chi connectivity index (χ3n) is 3.08. The summed E-state index contributed by atoms with van der Waals surface area (Å²) >= 11 is 0. The molecule has 1 aromatic carbocycles. The van der Waals surface area contributed by atoms with Gasteiger partial charge in [0.15, 0.2) is 0 Å². The van der Waals surface area contributed by atoms with Crippen LogP contribution in [0.4, 0.5) is 8.78 Å². The van der Waals surface area contributed by atoms with Crippen molar-refractivity contribution in [1.29, 1.82) is 0 Å². The van der Waals surface area contributed by atoms with E-state index in [1.54, 1.807) is 24.5 Å². The van der Waals surface area contributed by atoms with Gasteiger partial charge in [0.05, 0.1) is 5.82 Å². The van der Waals surface area contributed by atoms with Gasteiger partial charge in [0.25, 0.3) is 0 Å². The van der Waals surface area contributed by atoms with E-state index in [2.05, 4.69) is 21.0 Å². The molecule has 2 aromatic heterocycles. The molecule has 0 spiro atoms. The molecule has 3 aromatic rings. The van der Waals surface area contributed by atoms with E-state index in [1.807, 2.05) is 6.92 Å². The summed E-state index contributed by atoms with van der Waals surface area (Å²) < 4.78 is 26.0. The Morgan fingerprint density at radius 1 is 1.19 bits per heavy atom. The first-order valence-corrected chi connectivity index (χ1v) is 7.33. The molecule has 0 saturated heterocycles. The summed E-state index contributed by atoms with van der Waals surface area (Å²) in [4.78, 5) is 21.7. The van der Waals surface area contributed by atoms with Crippen LogP contribution in [0.15, 0.2) is 48.9 Å². The Morgan fingerprint density at radius 2 is 1.88 bits per heavy atom. The van der Waals surface area contributed by atoms with Crippen molar-refractivity contribution >= 4 is 5.97 Å². The van der Waals surface area contributed by atoms with Crippen LogP contribution in [0.1, 0.15) is 23.0 Å². The van der Waals surface area contributed by atoms with Gasteiger partial charge in [0.2, 0.25) is 0 Å². The predicted octanol–water partition coefficient (Wildman–Crippen LogP) is 3.56. The quantitative estimate of drug-likeness (QED) is 0.521. The number of aromatic carboxylic acids is 1. The molecule has 26 heavy (non-hydrogen) atoms. The zero-order valence-corrected chi connectivity index (χ0v) is 16.0. The van der Waals surface area contributed by atoms with Crippen molar-refractivity contribution in [2.45, 2.75) is 13.3 Å². The Balaban J connectivity index is 0.000000290. The van der Waals surface area contributed by atoms with E-state index in [-0.39, 0.29) is 37.2 Å². The molecule has 0 fully saturated rings. The minimum absolute atomic E-state index is 0. The molecule has 0 amide bonds. The van der Waals surface area contributed by atoms with Crippen LogP contribution >= 0.6 is 0 Å². The number of rotatable bonds is 3. The molecule has 137 valence electrons. The second kappa shape index (κ2) is 10.4. The largest absolute Gasteiger partial charge is 0.477 e. The van der Waals surface area contributed by atoms with Crippen LogP contribution in [0.25, 0.3) is 11.4 Å². The number of nitrogens with zero attached hydrogens (tertiary/aromatic N) is 3. The van der Waals surface area contributed by atoms with Crippen molar-refractivity contribution in [3.8, 4) is 11.4 Å².